The van der Waals surface area contributed by atoms with E-state index in [1.807, 2.05) is 31.4 Å². The Morgan fingerprint density at radius 3 is 2.92 bits per heavy atom. The predicted molar refractivity (Wildman–Crippen MR) is 94.8 cm³/mol. The van der Waals surface area contributed by atoms with Gasteiger partial charge in [-0.05, 0) is 36.4 Å². The number of halogens is 2. The number of hydrogen-bond acceptors (Lipinski definition) is 5. The molecule has 0 bridgehead atoms. The van der Waals surface area contributed by atoms with Crippen molar-refractivity contribution in [1.29, 1.82) is 0 Å². The molecule has 2 atom stereocenters. The van der Waals surface area contributed by atoms with Gasteiger partial charge in [0.2, 0.25) is 0 Å². The highest BCUT2D eigenvalue weighted by Gasteiger charge is 2.44. The summed E-state index contributed by atoms with van der Waals surface area (Å²) in [6.45, 7) is 2.88. The minimum Gasteiger partial charge on any atom is -0.370 e. The van der Waals surface area contributed by atoms with E-state index in [9.17, 15) is 0 Å². The summed E-state index contributed by atoms with van der Waals surface area (Å²) in [4.78, 5) is 8.95. The summed E-state index contributed by atoms with van der Waals surface area (Å²) in [6, 6.07) is 5.89. The second-order valence-electron chi connectivity index (χ2n) is 6.07. The van der Waals surface area contributed by atoms with Crippen molar-refractivity contribution >= 4 is 35.0 Å². The molecule has 24 heavy (non-hydrogen) atoms. The summed E-state index contributed by atoms with van der Waals surface area (Å²) in [5.41, 5.74) is 3.41. The van der Waals surface area contributed by atoms with E-state index in [2.05, 4.69) is 9.97 Å². The number of rotatable bonds is 1. The molecule has 0 radical (unpaired) electrons. The van der Waals surface area contributed by atoms with Crippen LogP contribution in [0.25, 0.3) is 0 Å². The molecule has 0 N–H and O–H groups in total. The minimum atomic E-state index is -0.576. The molecule has 7 heteroatoms. The summed E-state index contributed by atoms with van der Waals surface area (Å²) in [5.74, 6) is 0. The Hall–Kier alpha value is -0.850. The standard InChI is InChI=1S/C17H16Cl2N2O2S/c1-9-11-4-3-10(18)5-13(11)17(8-22-9)6-14-12(7-23-17)15(19)21-16(20-14)24-2/h3-5,9H,6-8H2,1-2H3/t9-,17-/m0/s1. The zero-order chi connectivity index (χ0) is 16.9. The number of aromatic nitrogens is 2. The van der Waals surface area contributed by atoms with Gasteiger partial charge in [0, 0.05) is 17.0 Å². The van der Waals surface area contributed by atoms with Gasteiger partial charge >= 0.3 is 0 Å². The van der Waals surface area contributed by atoms with E-state index in [4.69, 9.17) is 32.7 Å². The number of hydrogen-bond donors (Lipinski definition) is 0. The summed E-state index contributed by atoms with van der Waals surface area (Å²) in [7, 11) is 0. The van der Waals surface area contributed by atoms with Crippen LogP contribution in [0.4, 0.5) is 0 Å². The molecule has 3 heterocycles. The maximum absolute atomic E-state index is 6.31. The molecule has 2 aliphatic rings. The predicted octanol–water partition coefficient (Wildman–Crippen LogP) is 4.56. The third kappa shape index (κ3) is 2.63. The van der Waals surface area contributed by atoms with Crippen LogP contribution in [-0.2, 0) is 28.1 Å². The molecular weight excluding hydrogens is 367 g/mol. The summed E-state index contributed by atoms with van der Waals surface area (Å²) >= 11 is 14.0. The van der Waals surface area contributed by atoms with Crippen LogP contribution in [0.3, 0.4) is 0 Å². The van der Waals surface area contributed by atoms with E-state index in [1.54, 1.807) is 0 Å². The minimum absolute atomic E-state index is 0.0173. The van der Waals surface area contributed by atoms with E-state index in [0.717, 1.165) is 22.4 Å². The van der Waals surface area contributed by atoms with Crippen LogP contribution in [0.15, 0.2) is 23.4 Å². The van der Waals surface area contributed by atoms with E-state index >= 15 is 0 Å². The molecule has 4 rings (SSSR count). The van der Waals surface area contributed by atoms with Gasteiger partial charge in [0.15, 0.2) is 5.16 Å². The summed E-state index contributed by atoms with van der Waals surface area (Å²) in [6.07, 6.45) is 2.55. The first kappa shape index (κ1) is 16.6. The van der Waals surface area contributed by atoms with Crippen LogP contribution in [0.5, 0.6) is 0 Å². The van der Waals surface area contributed by atoms with Crippen molar-refractivity contribution in [3.8, 4) is 0 Å². The Morgan fingerprint density at radius 2 is 2.12 bits per heavy atom. The average Bonchev–Trinajstić information content (AvgIpc) is 2.58. The molecule has 0 unspecified atom stereocenters. The topological polar surface area (TPSA) is 44.2 Å². The number of benzene rings is 1. The second-order valence-corrected chi connectivity index (χ2v) is 7.64. The van der Waals surface area contributed by atoms with Crippen LogP contribution in [0.1, 0.15) is 35.4 Å². The molecule has 0 fully saturated rings. The Balaban J connectivity index is 1.83. The number of thioether (sulfide) groups is 1. The van der Waals surface area contributed by atoms with E-state index in [0.29, 0.717) is 35.0 Å². The maximum Gasteiger partial charge on any atom is 0.188 e. The Morgan fingerprint density at radius 1 is 1.29 bits per heavy atom. The lowest BCUT2D eigenvalue weighted by atomic mass is 9.81. The molecule has 2 aromatic rings. The lowest BCUT2D eigenvalue weighted by Crippen LogP contribution is -2.44. The van der Waals surface area contributed by atoms with Gasteiger partial charge in [0.1, 0.15) is 10.8 Å². The first-order valence-electron chi connectivity index (χ1n) is 7.67. The molecule has 1 aromatic heterocycles. The maximum atomic E-state index is 6.31. The van der Waals surface area contributed by atoms with Crippen LogP contribution < -0.4 is 0 Å². The first-order valence-corrected chi connectivity index (χ1v) is 9.65. The van der Waals surface area contributed by atoms with Crippen molar-refractivity contribution < 1.29 is 9.47 Å². The zero-order valence-corrected chi connectivity index (χ0v) is 15.6. The Labute approximate surface area is 154 Å². The SMILES string of the molecule is CSc1nc(Cl)c2c(n1)C[C@@]1(CO[C@@H](C)c3ccc(Cl)cc31)OC2. The monoisotopic (exact) mass is 382 g/mol. The van der Waals surface area contributed by atoms with Gasteiger partial charge in [-0.2, -0.15) is 0 Å². The normalized spacial score (nSPS) is 25.4. The molecule has 0 aliphatic carbocycles. The van der Waals surface area contributed by atoms with E-state index in [1.165, 1.54) is 11.8 Å². The van der Waals surface area contributed by atoms with Gasteiger partial charge in [-0.15, -0.1) is 0 Å². The highest BCUT2D eigenvalue weighted by atomic mass is 35.5. The van der Waals surface area contributed by atoms with Crippen LogP contribution in [0.2, 0.25) is 10.2 Å². The fourth-order valence-corrected chi connectivity index (χ4v) is 4.21. The van der Waals surface area contributed by atoms with Crippen LogP contribution in [-0.4, -0.2) is 22.8 Å². The average molecular weight is 383 g/mol. The van der Waals surface area contributed by atoms with Crippen molar-refractivity contribution in [2.24, 2.45) is 0 Å². The molecule has 0 saturated carbocycles. The van der Waals surface area contributed by atoms with E-state index < -0.39 is 5.60 Å². The molecule has 0 saturated heterocycles. The van der Waals surface area contributed by atoms with Crippen molar-refractivity contribution in [3.05, 3.63) is 50.8 Å². The number of ether oxygens (including phenoxy) is 2. The Kier molecular flexibility index (Phi) is 4.25. The first-order chi connectivity index (χ1) is 11.5. The Bertz CT molecular complexity index is 817. The smallest absolute Gasteiger partial charge is 0.188 e. The van der Waals surface area contributed by atoms with Crippen LogP contribution in [0, 0.1) is 0 Å². The molecule has 4 nitrogen and oxygen atoms in total. The quantitative estimate of drug-likeness (QED) is 0.410. The summed E-state index contributed by atoms with van der Waals surface area (Å²) in [5, 5.41) is 1.84. The molecule has 2 aliphatic heterocycles. The molecular formula is C17H16Cl2N2O2S. The van der Waals surface area contributed by atoms with Gasteiger partial charge in [0.05, 0.1) is 25.0 Å². The third-order valence-electron chi connectivity index (χ3n) is 4.66. The lowest BCUT2D eigenvalue weighted by molar-refractivity contribution is -0.148. The molecule has 1 aromatic carbocycles. The zero-order valence-electron chi connectivity index (χ0n) is 13.3. The van der Waals surface area contributed by atoms with Crippen LogP contribution >= 0.6 is 35.0 Å². The highest BCUT2D eigenvalue weighted by molar-refractivity contribution is 7.98. The lowest BCUT2D eigenvalue weighted by Gasteiger charge is -2.43. The molecule has 1 spiro atoms. The van der Waals surface area contributed by atoms with Crippen molar-refractivity contribution in [1.82, 2.24) is 9.97 Å². The highest BCUT2D eigenvalue weighted by Crippen LogP contribution is 2.45. The third-order valence-corrected chi connectivity index (χ3v) is 5.76. The fraction of sp³-hybridized carbons (Fsp3) is 0.412. The van der Waals surface area contributed by atoms with Crippen molar-refractivity contribution in [2.45, 2.75) is 36.8 Å². The second kappa shape index (κ2) is 6.15. The largest absolute Gasteiger partial charge is 0.370 e. The van der Waals surface area contributed by atoms with Gasteiger partial charge in [-0.3, -0.25) is 0 Å². The summed E-state index contributed by atoms with van der Waals surface area (Å²) < 4.78 is 12.3. The number of nitrogens with zero attached hydrogens (tertiary/aromatic N) is 2. The van der Waals surface area contributed by atoms with Gasteiger partial charge in [0.25, 0.3) is 0 Å². The number of fused-ring (bicyclic) bond motifs is 3. The van der Waals surface area contributed by atoms with Crippen molar-refractivity contribution in [2.75, 3.05) is 12.9 Å². The van der Waals surface area contributed by atoms with Gasteiger partial charge < -0.3 is 9.47 Å². The van der Waals surface area contributed by atoms with Crippen molar-refractivity contribution in [3.63, 3.8) is 0 Å². The molecule has 0 amide bonds. The molecule has 126 valence electrons. The van der Waals surface area contributed by atoms with Gasteiger partial charge in [-0.25, -0.2) is 9.97 Å². The van der Waals surface area contributed by atoms with E-state index in [-0.39, 0.29) is 6.10 Å². The van der Waals surface area contributed by atoms with Gasteiger partial charge in [-0.1, -0.05) is 41.0 Å². The fourth-order valence-electron chi connectivity index (χ4n) is 3.36.